The van der Waals surface area contributed by atoms with Crippen molar-refractivity contribution in [1.82, 2.24) is 10.2 Å². The van der Waals surface area contributed by atoms with E-state index in [4.69, 9.17) is 34.8 Å². The highest BCUT2D eigenvalue weighted by molar-refractivity contribution is 7.92. The summed E-state index contributed by atoms with van der Waals surface area (Å²) >= 11 is 19.2. The molecule has 3 aromatic rings. The van der Waals surface area contributed by atoms with Crippen LogP contribution in [0.1, 0.15) is 37.0 Å². The number of rotatable bonds is 11. The van der Waals surface area contributed by atoms with E-state index in [2.05, 4.69) is 5.32 Å². The number of hydrogen-bond donors (Lipinski definition) is 1. The van der Waals surface area contributed by atoms with Crippen molar-refractivity contribution in [2.75, 3.05) is 17.4 Å². The predicted molar refractivity (Wildman–Crippen MR) is 162 cm³/mol. The zero-order valence-corrected chi connectivity index (χ0v) is 25.8. The van der Waals surface area contributed by atoms with Crippen LogP contribution in [0.5, 0.6) is 0 Å². The van der Waals surface area contributed by atoms with Crippen molar-refractivity contribution in [2.24, 2.45) is 0 Å². The van der Waals surface area contributed by atoms with E-state index in [9.17, 15) is 18.0 Å². The Labute approximate surface area is 251 Å². The fourth-order valence-corrected chi connectivity index (χ4v) is 6.44. The molecule has 0 saturated heterocycles. The van der Waals surface area contributed by atoms with Gasteiger partial charge in [-0.25, -0.2) is 8.42 Å². The Balaban J connectivity index is 2.14. The summed E-state index contributed by atoms with van der Waals surface area (Å²) in [6.45, 7) is 6.76. The summed E-state index contributed by atoms with van der Waals surface area (Å²) in [4.78, 5) is 28.5. The molecule has 0 radical (unpaired) electrons. The molecule has 7 nitrogen and oxygen atoms in total. The van der Waals surface area contributed by atoms with Gasteiger partial charge in [-0.2, -0.15) is 0 Å². The monoisotopic (exact) mass is 623 g/mol. The molecule has 0 aliphatic rings. The van der Waals surface area contributed by atoms with Gasteiger partial charge < -0.3 is 10.2 Å². The lowest BCUT2D eigenvalue weighted by Gasteiger charge is -2.34. The molecule has 0 unspecified atom stereocenters. The molecule has 2 amide bonds. The van der Waals surface area contributed by atoms with Crippen molar-refractivity contribution < 1.29 is 18.0 Å². The van der Waals surface area contributed by atoms with E-state index in [0.717, 1.165) is 9.87 Å². The number of hydrogen-bond acceptors (Lipinski definition) is 4. The van der Waals surface area contributed by atoms with Crippen LogP contribution in [0.25, 0.3) is 0 Å². The van der Waals surface area contributed by atoms with E-state index in [1.807, 2.05) is 6.92 Å². The highest BCUT2D eigenvalue weighted by Crippen LogP contribution is 2.32. The van der Waals surface area contributed by atoms with Gasteiger partial charge in [-0.05, 0) is 69.2 Å². The van der Waals surface area contributed by atoms with Crippen molar-refractivity contribution in [3.05, 3.63) is 92.4 Å². The summed E-state index contributed by atoms with van der Waals surface area (Å²) in [5.74, 6) is -0.974. The Morgan fingerprint density at radius 2 is 1.45 bits per heavy atom. The fourth-order valence-electron chi connectivity index (χ4n) is 4.28. The van der Waals surface area contributed by atoms with E-state index in [0.29, 0.717) is 32.7 Å². The number of halogens is 3. The molecule has 1 N–H and O–H groups in total. The van der Waals surface area contributed by atoms with E-state index in [1.165, 1.54) is 17.0 Å². The first-order chi connectivity index (χ1) is 18.9. The fraction of sp³-hybridized carbons (Fsp3) is 0.310. The van der Waals surface area contributed by atoms with E-state index >= 15 is 0 Å². The molecular formula is C29H32Cl3N3O4S. The number of anilines is 1. The summed E-state index contributed by atoms with van der Waals surface area (Å²) in [6, 6.07) is 15.3. The lowest BCUT2D eigenvalue weighted by molar-refractivity contribution is -0.140. The second kappa shape index (κ2) is 13.7. The minimum atomic E-state index is -4.22. The molecular weight excluding hydrogens is 593 g/mol. The van der Waals surface area contributed by atoms with Crippen LogP contribution in [-0.2, 0) is 26.2 Å². The van der Waals surface area contributed by atoms with Crippen LogP contribution in [0, 0.1) is 13.8 Å². The molecule has 0 aliphatic heterocycles. The predicted octanol–water partition coefficient (Wildman–Crippen LogP) is 6.40. The second-order valence-electron chi connectivity index (χ2n) is 9.25. The van der Waals surface area contributed by atoms with Gasteiger partial charge in [0.1, 0.15) is 12.6 Å². The number of nitrogens with one attached hydrogen (secondary N) is 1. The average molecular weight is 625 g/mol. The third kappa shape index (κ3) is 7.10. The Bertz CT molecular complexity index is 1460. The van der Waals surface area contributed by atoms with Gasteiger partial charge in [0.2, 0.25) is 11.8 Å². The van der Waals surface area contributed by atoms with Crippen LogP contribution in [-0.4, -0.2) is 44.3 Å². The third-order valence-electron chi connectivity index (χ3n) is 6.52. The smallest absolute Gasteiger partial charge is 0.264 e. The number of benzene rings is 3. The van der Waals surface area contributed by atoms with Gasteiger partial charge in [0, 0.05) is 33.7 Å². The van der Waals surface area contributed by atoms with Crippen LogP contribution in [0.3, 0.4) is 0 Å². The highest BCUT2D eigenvalue weighted by atomic mass is 35.5. The number of nitrogens with zero attached hydrogens (tertiary/aromatic N) is 2. The highest BCUT2D eigenvalue weighted by Gasteiger charge is 2.34. The number of amides is 2. The number of sulfonamides is 1. The normalized spacial score (nSPS) is 12.1. The first kappa shape index (κ1) is 31.7. The minimum absolute atomic E-state index is 0.0155. The van der Waals surface area contributed by atoms with Gasteiger partial charge in [0.25, 0.3) is 10.0 Å². The molecule has 0 fully saturated rings. The molecule has 0 aliphatic carbocycles. The SMILES string of the molecule is CCNC(=O)[C@H](CC)N(Cc1c(Cl)cccc1Cl)C(=O)CN(c1cccc(Cl)c1C)S(=O)(=O)c1ccc(C)cc1. The summed E-state index contributed by atoms with van der Waals surface area (Å²) in [5.41, 5.74) is 2.08. The van der Waals surface area contributed by atoms with E-state index < -0.39 is 28.5 Å². The molecule has 0 spiro atoms. The molecule has 11 heteroatoms. The number of likely N-dealkylation sites (N-methyl/N-ethyl adjacent to an activating group) is 1. The molecule has 0 bridgehead atoms. The maximum atomic E-state index is 14.1. The summed E-state index contributed by atoms with van der Waals surface area (Å²) < 4.78 is 29.0. The molecule has 0 saturated carbocycles. The zero-order chi connectivity index (χ0) is 29.6. The van der Waals surface area contributed by atoms with Crippen LogP contribution in [0.4, 0.5) is 5.69 Å². The number of aryl methyl sites for hydroxylation is 1. The van der Waals surface area contributed by atoms with Crippen LogP contribution < -0.4 is 9.62 Å². The van der Waals surface area contributed by atoms with Crippen molar-refractivity contribution in [2.45, 2.75) is 51.6 Å². The number of carbonyl (C=O) groups excluding carboxylic acids is 2. The first-order valence-electron chi connectivity index (χ1n) is 12.8. The first-order valence-corrected chi connectivity index (χ1v) is 15.3. The van der Waals surface area contributed by atoms with Gasteiger partial charge in [0.05, 0.1) is 10.6 Å². The van der Waals surface area contributed by atoms with Crippen molar-refractivity contribution in [3.63, 3.8) is 0 Å². The molecule has 3 aromatic carbocycles. The molecule has 40 heavy (non-hydrogen) atoms. The average Bonchev–Trinajstić information content (AvgIpc) is 2.91. The molecule has 0 heterocycles. The Morgan fingerprint density at radius 3 is 2.02 bits per heavy atom. The maximum absolute atomic E-state index is 14.1. The van der Waals surface area contributed by atoms with E-state index in [1.54, 1.807) is 69.3 Å². The topological polar surface area (TPSA) is 86.8 Å². The molecule has 0 aromatic heterocycles. The lowest BCUT2D eigenvalue weighted by Crippen LogP contribution is -2.52. The maximum Gasteiger partial charge on any atom is 0.264 e. The standard InChI is InChI=1S/C29H32Cl3N3O4S/c1-5-26(29(37)33-6-2)34(17-22-24(31)10-7-11-25(22)32)28(36)18-35(27-12-8-9-23(30)20(27)4)40(38,39)21-15-13-19(3)14-16-21/h7-16,26H,5-6,17-18H2,1-4H3,(H,33,37)/t26-/m0/s1. The zero-order valence-electron chi connectivity index (χ0n) is 22.7. The molecule has 214 valence electrons. The molecule has 3 rings (SSSR count). The minimum Gasteiger partial charge on any atom is -0.355 e. The Hall–Kier alpha value is -2.78. The van der Waals surface area contributed by atoms with Gasteiger partial charge in [0.15, 0.2) is 0 Å². The van der Waals surface area contributed by atoms with Gasteiger partial charge >= 0.3 is 0 Å². The van der Waals surface area contributed by atoms with Gasteiger partial charge in [-0.3, -0.25) is 13.9 Å². The van der Waals surface area contributed by atoms with Crippen LogP contribution in [0.2, 0.25) is 15.1 Å². The second-order valence-corrected chi connectivity index (χ2v) is 12.3. The summed E-state index contributed by atoms with van der Waals surface area (Å²) in [7, 11) is -4.22. The van der Waals surface area contributed by atoms with Crippen molar-refractivity contribution in [1.29, 1.82) is 0 Å². The third-order valence-corrected chi connectivity index (χ3v) is 9.41. The Morgan fingerprint density at radius 1 is 0.875 bits per heavy atom. The van der Waals surface area contributed by atoms with Crippen molar-refractivity contribution >= 4 is 62.3 Å². The number of carbonyl (C=O) groups is 2. The quantitative estimate of drug-likeness (QED) is 0.267. The summed E-state index contributed by atoms with van der Waals surface area (Å²) in [5, 5.41) is 3.76. The summed E-state index contributed by atoms with van der Waals surface area (Å²) in [6.07, 6.45) is 0.278. The van der Waals surface area contributed by atoms with Crippen LogP contribution in [0.15, 0.2) is 65.6 Å². The van der Waals surface area contributed by atoms with Crippen molar-refractivity contribution in [3.8, 4) is 0 Å². The van der Waals surface area contributed by atoms with Gasteiger partial charge in [-0.15, -0.1) is 0 Å². The Kier molecular flexibility index (Phi) is 10.9. The van der Waals surface area contributed by atoms with Gasteiger partial charge in [-0.1, -0.05) is 71.6 Å². The van der Waals surface area contributed by atoms with E-state index in [-0.39, 0.29) is 29.5 Å². The largest absolute Gasteiger partial charge is 0.355 e. The molecule has 1 atom stereocenters. The lowest BCUT2D eigenvalue weighted by atomic mass is 10.1. The van der Waals surface area contributed by atoms with Crippen LogP contribution >= 0.6 is 34.8 Å².